The quantitative estimate of drug-likeness (QED) is 0.624. The number of nitrogens with zero attached hydrogens (tertiary/aromatic N) is 2. The summed E-state index contributed by atoms with van der Waals surface area (Å²) >= 11 is 3.48. The number of thiophene rings is 2. The first kappa shape index (κ1) is 19.2. The first-order chi connectivity index (χ1) is 13.4. The van der Waals surface area contributed by atoms with Gasteiger partial charge in [-0.3, -0.25) is 9.80 Å². The van der Waals surface area contributed by atoms with E-state index in [4.69, 9.17) is 18.9 Å². The second-order valence-corrected chi connectivity index (χ2v) is 8.60. The average molecular weight is 411 g/mol. The normalized spacial score (nSPS) is 19.3. The minimum atomic E-state index is 0.236. The van der Waals surface area contributed by atoms with E-state index >= 15 is 0 Å². The molecule has 8 heteroatoms. The molecule has 4 heterocycles. The molecule has 2 fully saturated rings. The predicted molar refractivity (Wildman–Crippen MR) is 107 cm³/mol. The summed E-state index contributed by atoms with van der Waals surface area (Å²) in [6.07, 6.45) is 0. The number of hydrogen-bond acceptors (Lipinski definition) is 8. The maximum Gasteiger partial charge on any atom is 0.231 e. The Kier molecular flexibility index (Phi) is 7.00. The summed E-state index contributed by atoms with van der Waals surface area (Å²) < 4.78 is 22.7. The molecule has 0 unspecified atom stereocenters. The van der Waals surface area contributed by atoms with Gasteiger partial charge in [-0.25, -0.2) is 0 Å². The van der Waals surface area contributed by atoms with Crippen molar-refractivity contribution in [3.8, 4) is 11.5 Å². The van der Waals surface area contributed by atoms with Gasteiger partial charge in [-0.05, 0) is 22.9 Å². The monoisotopic (exact) mass is 410 g/mol. The van der Waals surface area contributed by atoms with Gasteiger partial charge in [0.2, 0.25) is 6.79 Å². The Labute approximate surface area is 168 Å². The van der Waals surface area contributed by atoms with Crippen LogP contribution in [-0.2, 0) is 22.6 Å². The van der Waals surface area contributed by atoms with Gasteiger partial charge in [0.1, 0.15) is 11.5 Å². The van der Waals surface area contributed by atoms with Crippen LogP contribution in [0.25, 0.3) is 0 Å². The van der Waals surface area contributed by atoms with E-state index < -0.39 is 0 Å². The molecule has 0 aromatic carbocycles. The molecule has 2 aromatic heterocycles. The Hall–Kier alpha value is -1.16. The van der Waals surface area contributed by atoms with Gasteiger partial charge in [-0.1, -0.05) is 0 Å². The third-order valence-electron chi connectivity index (χ3n) is 4.78. The van der Waals surface area contributed by atoms with Crippen LogP contribution in [0.15, 0.2) is 22.9 Å². The highest BCUT2D eigenvalue weighted by molar-refractivity contribution is 7.10. The van der Waals surface area contributed by atoms with E-state index in [0.717, 1.165) is 77.2 Å². The molecule has 6 nitrogen and oxygen atoms in total. The molecule has 0 spiro atoms. The van der Waals surface area contributed by atoms with Crippen LogP contribution < -0.4 is 9.47 Å². The molecule has 148 valence electrons. The molecule has 0 aliphatic carbocycles. The van der Waals surface area contributed by atoms with Gasteiger partial charge in [-0.2, -0.15) is 0 Å². The van der Waals surface area contributed by atoms with Crippen LogP contribution in [0.2, 0.25) is 0 Å². The smallest absolute Gasteiger partial charge is 0.231 e. The first-order valence-corrected chi connectivity index (χ1v) is 11.1. The minimum Gasteiger partial charge on any atom is -0.456 e. The van der Waals surface area contributed by atoms with E-state index in [1.54, 1.807) is 22.7 Å². The maximum atomic E-state index is 5.94. The summed E-state index contributed by atoms with van der Waals surface area (Å²) in [6.45, 7) is 9.24. The third kappa shape index (κ3) is 5.43. The van der Waals surface area contributed by atoms with Crippen molar-refractivity contribution in [2.24, 2.45) is 0 Å². The summed E-state index contributed by atoms with van der Waals surface area (Å²) in [4.78, 5) is 7.31. The fourth-order valence-corrected chi connectivity index (χ4v) is 4.94. The van der Waals surface area contributed by atoms with E-state index in [2.05, 4.69) is 20.6 Å². The van der Waals surface area contributed by atoms with Crippen LogP contribution in [0.3, 0.4) is 0 Å². The van der Waals surface area contributed by atoms with Crippen molar-refractivity contribution < 1.29 is 18.9 Å². The van der Waals surface area contributed by atoms with Crippen LogP contribution in [0.4, 0.5) is 0 Å². The molecule has 0 saturated carbocycles. The highest BCUT2D eigenvalue weighted by Crippen LogP contribution is 2.29. The topological polar surface area (TPSA) is 43.4 Å². The molecular formula is C19H26N2O4S2. The van der Waals surface area contributed by atoms with Crippen molar-refractivity contribution in [1.29, 1.82) is 0 Å². The second-order valence-electron chi connectivity index (χ2n) is 6.60. The van der Waals surface area contributed by atoms with E-state index in [-0.39, 0.29) is 6.79 Å². The zero-order valence-electron chi connectivity index (χ0n) is 15.4. The zero-order valence-corrected chi connectivity index (χ0v) is 17.1. The number of ether oxygens (including phenoxy) is 4. The van der Waals surface area contributed by atoms with Gasteiger partial charge in [-0.15, -0.1) is 22.7 Å². The first-order valence-electron chi connectivity index (χ1n) is 9.37. The second kappa shape index (κ2) is 9.86. The molecule has 27 heavy (non-hydrogen) atoms. The van der Waals surface area contributed by atoms with Crippen molar-refractivity contribution in [3.63, 3.8) is 0 Å². The van der Waals surface area contributed by atoms with Crippen molar-refractivity contribution in [2.45, 2.75) is 13.1 Å². The Morgan fingerprint density at radius 2 is 1.19 bits per heavy atom. The van der Waals surface area contributed by atoms with Crippen molar-refractivity contribution in [1.82, 2.24) is 9.80 Å². The van der Waals surface area contributed by atoms with E-state index in [9.17, 15) is 0 Å². The van der Waals surface area contributed by atoms with Crippen molar-refractivity contribution in [2.75, 3.05) is 59.4 Å². The number of hydrogen-bond donors (Lipinski definition) is 0. The highest BCUT2D eigenvalue weighted by Gasteiger charge is 2.16. The minimum absolute atomic E-state index is 0.236. The lowest BCUT2D eigenvalue weighted by Gasteiger charge is -2.26. The molecule has 0 amide bonds. The molecule has 0 N–H and O–H groups in total. The predicted octanol–water partition coefficient (Wildman–Crippen LogP) is 2.89. The van der Waals surface area contributed by atoms with Crippen LogP contribution >= 0.6 is 22.7 Å². The molecule has 2 aromatic rings. The van der Waals surface area contributed by atoms with Crippen LogP contribution in [0.1, 0.15) is 9.75 Å². The lowest BCUT2D eigenvalue weighted by molar-refractivity contribution is 0.0332. The largest absolute Gasteiger partial charge is 0.456 e. The summed E-state index contributed by atoms with van der Waals surface area (Å²) in [5.74, 6) is 1.85. The lowest BCUT2D eigenvalue weighted by Crippen LogP contribution is -2.35. The van der Waals surface area contributed by atoms with Gasteiger partial charge in [0, 0.05) is 39.3 Å². The summed E-state index contributed by atoms with van der Waals surface area (Å²) in [6, 6.07) is 4.07. The van der Waals surface area contributed by atoms with Gasteiger partial charge in [0.15, 0.2) is 0 Å². The van der Waals surface area contributed by atoms with Crippen LogP contribution in [0, 0.1) is 0 Å². The fourth-order valence-electron chi connectivity index (χ4n) is 3.23. The summed E-state index contributed by atoms with van der Waals surface area (Å²) in [7, 11) is 0. The van der Waals surface area contributed by atoms with E-state index in [1.165, 1.54) is 9.75 Å². The summed E-state index contributed by atoms with van der Waals surface area (Å²) in [5.41, 5.74) is 0. The third-order valence-corrected chi connectivity index (χ3v) is 6.55. The highest BCUT2D eigenvalue weighted by atomic mass is 32.1. The molecular weight excluding hydrogens is 384 g/mol. The van der Waals surface area contributed by atoms with Crippen LogP contribution in [0.5, 0.6) is 11.5 Å². The van der Waals surface area contributed by atoms with Gasteiger partial charge in [0.25, 0.3) is 0 Å². The lowest BCUT2D eigenvalue weighted by atomic mass is 10.3. The molecule has 0 bridgehead atoms. The molecule has 2 aliphatic heterocycles. The Morgan fingerprint density at radius 1 is 0.741 bits per heavy atom. The Morgan fingerprint density at radius 3 is 1.63 bits per heavy atom. The van der Waals surface area contributed by atoms with Gasteiger partial charge in [0.05, 0.1) is 36.2 Å². The Bertz CT molecular complexity index is 635. The zero-order chi connectivity index (χ0) is 18.3. The standard InChI is InChI=1S/C19H26N2O4S2/c1-11-26-18(13-20-3-7-22-8-4-20)16(1)24-15-25-17-2-12-27-19(17)14-21-5-9-23-10-6-21/h1-2,11-12H,3-10,13-15H2. The van der Waals surface area contributed by atoms with E-state index in [0.29, 0.717) is 0 Å². The molecule has 4 rings (SSSR count). The van der Waals surface area contributed by atoms with Gasteiger partial charge < -0.3 is 18.9 Å². The molecule has 0 radical (unpaired) electrons. The number of rotatable bonds is 8. The van der Waals surface area contributed by atoms with Gasteiger partial charge >= 0.3 is 0 Å². The SMILES string of the molecule is c1cc(OCOc2ccsc2CN2CCOCC2)c(CN2CCOCC2)s1. The van der Waals surface area contributed by atoms with Crippen LogP contribution in [-0.4, -0.2) is 69.2 Å². The van der Waals surface area contributed by atoms with E-state index in [1.807, 2.05) is 12.1 Å². The summed E-state index contributed by atoms with van der Waals surface area (Å²) in [5, 5.41) is 4.17. The molecule has 2 saturated heterocycles. The average Bonchev–Trinajstić information content (AvgIpc) is 3.33. The fraction of sp³-hybridized carbons (Fsp3) is 0.579. The van der Waals surface area contributed by atoms with Crippen molar-refractivity contribution >= 4 is 22.7 Å². The Balaban J connectivity index is 1.27. The molecule has 2 aliphatic rings. The maximum absolute atomic E-state index is 5.94. The molecule has 0 atom stereocenters. The number of morpholine rings is 2. The van der Waals surface area contributed by atoms with Crippen molar-refractivity contribution in [3.05, 3.63) is 32.6 Å².